The Morgan fingerprint density at radius 1 is 1.04 bits per heavy atom. The summed E-state index contributed by atoms with van der Waals surface area (Å²) in [6.45, 7) is 1.71. The molecular formula is C15H19ClF6N2O. The second-order valence-electron chi connectivity index (χ2n) is 5.61. The molecule has 0 amide bonds. The van der Waals surface area contributed by atoms with Crippen LogP contribution in [0.4, 0.5) is 26.3 Å². The van der Waals surface area contributed by atoms with Gasteiger partial charge in [0, 0.05) is 38.8 Å². The first-order valence-electron chi connectivity index (χ1n) is 7.48. The van der Waals surface area contributed by atoms with Crippen LogP contribution in [0.25, 0.3) is 0 Å². The minimum Gasteiger partial charge on any atom is -0.396 e. The molecule has 0 aromatic heterocycles. The van der Waals surface area contributed by atoms with Crippen LogP contribution in [0, 0.1) is 0 Å². The van der Waals surface area contributed by atoms with E-state index in [-0.39, 0.29) is 37.1 Å². The van der Waals surface area contributed by atoms with Crippen LogP contribution in [0.3, 0.4) is 0 Å². The largest absolute Gasteiger partial charge is 0.416 e. The maximum Gasteiger partial charge on any atom is 0.416 e. The Morgan fingerprint density at radius 2 is 1.64 bits per heavy atom. The number of aliphatic hydroxyl groups excluding tert-OH is 1. The molecule has 1 heterocycles. The van der Waals surface area contributed by atoms with Gasteiger partial charge in [0.05, 0.1) is 11.1 Å². The molecule has 1 aromatic rings. The highest BCUT2D eigenvalue weighted by molar-refractivity contribution is 5.85. The Kier molecular flexibility index (Phi) is 7.54. The van der Waals surface area contributed by atoms with Crippen molar-refractivity contribution in [2.75, 3.05) is 32.8 Å². The highest BCUT2D eigenvalue weighted by Crippen LogP contribution is 2.41. The highest BCUT2D eigenvalue weighted by atomic mass is 35.5. The Balaban J connectivity index is 0.00000312. The van der Waals surface area contributed by atoms with Gasteiger partial charge < -0.3 is 10.4 Å². The van der Waals surface area contributed by atoms with E-state index in [1.54, 1.807) is 4.90 Å². The van der Waals surface area contributed by atoms with Crippen molar-refractivity contribution in [3.05, 3.63) is 34.9 Å². The van der Waals surface area contributed by atoms with Crippen LogP contribution in [0.15, 0.2) is 18.2 Å². The lowest BCUT2D eigenvalue weighted by molar-refractivity contribution is -0.143. The van der Waals surface area contributed by atoms with Gasteiger partial charge in [0.1, 0.15) is 0 Å². The molecule has 0 saturated carbocycles. The van der Waals surface area contributed by atoms with Gasteiger partial charge in [-0.15, -0.1) is 12.4 Å². The summed E-state index contributed by atoms with van der Waals surface area (Å²) >= 11 is 0. The van der Waals surface area contributed by atoms with Crippen molar-refractivity contribution in [3.8, 4) is 0 Å². The van der Waals surface area contributed by atoms with E-state index in [0.717, 1.165) is 6.07 Å². The van der Waals surface area contributed by atoms with E-state index in [9.17, 15) is 31.4 Å². The quantitative estimate of drug-likeness (QED) is 0.770. The van der Waals surface area contributed by atoms with Crippen molar-refractivity contribution in [1.29, 1.82) is 0 Å². The summed E-state index contributed by atoms with van der Waals surface area (Å²) < 4.78 is 78.3. The van der Waals surface area contributed by atoms with Crippen LogP contribution in [-0.4, -0.2) is 42.8 Å². The molecule has 10 heteroatoms. The number of hydrogen-bond donors (Lipinski definition) is 2. The van der Waals surface area contributed by atoms with Gasteiger partial charge in [-0.05, 0) is 24.1 Å². The van der Waals surface area contributed by atoms with E-state index < -0.39 is 29.5 Å². The molecule has 25 heavy (non-hydrogen) atoms. The molecule has 1 fully saturated rings. The molecule has 1 atom stereocenters. The SMILES string of the molecule is Cl.OCC[C@H](c1ccc(C(F)(F)F)cc1C(F)(F)F)N1CCNCC1. The molecule has 0 spiro atoms. The Hall–Kier alpha value is -1.03. The minimum absolute atomic E-state index is 0. The zero-order valence-electron chi connectivity index (χ0n) is 13.1. The Labute approximate surface area is 147 Å². The molecule has 0 bridgehead atoms. The lowest BCUT2D eigenvalue weighted by Gasteiger charge is -2.36. The van der Waals surface area contributed by atoms with Crippen molar-refractivity contribution >= 4 is 12.4 Å². The Morgan fingerprint density at radius 3 is 2.12 bits per heavy atom. The standard InChI is InChI=1S/C15H18F6N2O.ClH/c16-14(17,18)10-1-2-11(12(9-10)15(19,20)21)13(3-8-24)23-6-4-22-5-7-23;/h1-2,9,13,22,24H,3-8H2;1H/t13-;/m1./s1. The molecule has 1 aliphatic rings. The van der Waals surface area contributed by atoms with Crippen molar-refractivity contribution in [2.24, 2.45) is 0 Å². The lowest BCUT2D eigenvalue weighted by atomic mass is 9.94. The predicted molar refractivity (Wildman–Crippen MR) is 82.6 cm³/mol. The summed E-state index contributed by atoms with van der Waals surface area (Å²) in [6.07, 6.45) is -9.73. The smallest absolute Gasteiger partial charge is 0.396 e. The summed E-state index contributed by atoms with van der Waals surface area (Å²) in [5, 5.41) is 12.3. The zero-order valence-corrected chi connectivity index (χ0v) is 13.9. The number of piperazine rings is 1. The van der Waals surface area contributed by atoms with E-state index in [1.165, 1.54) is 0 Å². The first-order chi connectivity index (χ1) is 11.1. The van der Waals surface area contributed by atoms with E-state index in [4.69, 9.17) is 0 Å². The maximum atomic E-state index is 13.3. The summed E-state index contributed by atoms with van der Waals surface area (Å²) in [7, 11) is 0. The van der Waals surface area contributed by atoms with Crippen LogP contribution in [-0.2, 0) is 12.4 Å². The number of nitrogens with zero attached hydrogens (tertiary/aromatic N) is 1. The number of rotatable bonds is 4. The van der Waals surface area contributed by atoms with Crippen LogP contribution >= 0.6 is 12.4 Å². The molecule has 1 aliphatic heterocycles. The molecule has 144 valence electrons. The fraction of sp³-hybridized carbons (Fsp3) is 0.600. The molecule has 0 aliphatic carbocycles. The van der Waals surface area contributed by atoms with Gasteiger partial charge in [0.15, 0.2) is 0 Å². The maximum absolute atomic E-state index is 13.3. The Bertz CT molecular complexity index is 558. The first-order valence-corrected chi connectivity index (χ1v) is 7.48. The predicted octanol–water partition coefficient (Wildman–Crippen LogP) is 3.47. The molecule has 0 unspecified atom stereocenters. The summed E-state index contributed by atoms with van der Waals surface area (Å²) in [4.78, 5) is 1.75. The number of alkyl halides is 6. The van der Waals surface area contributed by atoms with Gasteiger partial charge >= 0.3 is 12.4 Å². The lowest BCUT2D eigenvalue weighted by Crippen LogP contribution is -2.45. The molecule has 1 aromatic carbocycles. The average Bonchev–Trinajstić information content (AvgIpc) is 2.51. The molecule has 2 N–H and O–H groups in total. The molecular weight excluding hydrogens is 374 g/mol. The number of halogens is 7. The second kappa shape index (κ2) is 8.57. The van der Waals surface area contributed by atoms with E-state index in [2.05, 4.69) is 5.32 Å². The van der Waals surface area contributed by atoms with Gasteiger partial charge in [-0.3, -0.25) is 4.90 Å². The van der Waals surface area contributed by atoms with Crippen LogP contribution in [0.5, 0.6) is 0 Å². The van der Waals surface area contributed by atoms with E-state index in [1.807, 2.05) is 0 Å². The van der Waals surface area contributed by atoms with Crippen molar-refractivity contribution < 1.29 is 31.4 Å². The third-order valence-corrected chi connectivity index (χ3v) is 4.04. The van der Waals surface area contributed by atoms with Crippen LogP contribution in [0.1, 0.15) is 29.2 Å². The molecule has 3 nitrogen and oxygen atoms in total. The van der Waals surface area contributed by atoms with Crippen molar-refractivity contribution in [1.82, 2.24) is 10.2 Å². The first kappa shape index (κ1) is 22.0. The zero-order chi connectivity index (χ0) is 18.0. The third-order valence-electron chi connectivity index (χ3n) is 4.04. The average molecular weight is 393 g/mol. The van der Waals surface area contributed by atoms with Crippen molar-refractivity contribution in [3.63, 3.8) is 0 Å². The third kappa shape index (κ3) is 5.47. The fourth-order valence-corrected chi connectivity index (χ4v) is 2.92. The van der Waals surface area contributed by atoms with E-state index >= 15 is 0 Å². The number of nitrogens with one attached hydrogen (secondary N) is 1. The summed E-state index contributed by atoms with van der Waals surface area (Å²) in [5.41, 5.74) is -2.86. The molecule has 0 radical (unpaired) electrons. The van der Waals surface area contributed by atoms with Gasteiger partial charge in [-0.2, -0.15) is 26.3 Å². The number of benzene rings is 1. The minimum atomic E-state index is -4.90. The van der Waals surface area contributed by atoms with Gasteiger partial charge in [-0.25, -0.2) is 0 Å². The van der Waals surface area contributed by atoms with Gasteiger partial charge in [-0.1, -0.05) is 6.07 Å². The van der Waals surface area contributed by atoms with Gasteiger partial charge in [0.2, 0.25) is 0 Å². The number of aliphatic hydroxyl groups is 1. The summed E-state index contributed by atoms with van der Waals surface area (Å²) in [6, 6.07) is 0.920. The van der Waals surface area contributed by atoms with Crippen LogP contribution < -0.4 is 5.32 Å². The summed E-state index contributed by atoms with van der Waals surface area (Å²) in [5.74, 6) is 0. The highest BCUT2D eigenvalue weighted by Gasteiger charge is 2.40. The normalized spacial score (nSPS) is 17.9. The fourth-order valence-electron chi connectivity index (χ4n) is 2.92. The molecule has 2 rings (SSSR count). The topological polar surface area (TPSA) is 35.5 Å². The van der Waals surface area contributed by atoms with Crippen molar-refractivity contribution in [2.45, 2.75) is 24.8 Å². The monoisotopic (exact) mass is 392 g/mol. The van der Waals surface area contributed by atoms with Crippen LogP contribution in [0.2, 0.25) is 0 Å². The number of hydrogen-bond acceptors (Lipinski definition) is 3. The van der Waals surface area contributed by atoms with Gasteiger partial charge in [0.25, 0.3) is 0 Å². The molecule has 1 saturated heterocycles. The second-order valence-corrected chi connectivity index (χ2v) is 5.61. The van der Waals surface area contributed by atoms with E-state index in [0.29, 0.717) is 32.2 Å².